The summed E-state index contributed by atoms with van der Waals surface area (Å²) in [6.45, 7) is 5.61. The lowest BCUT2D eigenvalue weighted by Gasteiger charge is -2.32. The van der Waals surface area contributed by atoms with Gasteiger partial charge in [-0.25, -0.2) is 0 Å². The Hall–Kier alpha value is -0.410. The number of Topliss-reactive ketones (excluding diaryl/α,β-unsaturated/α-hetero) is 1. The topological polar surface area (TPSA) is 29.5 Å². The summed E-state index contributed by atoms with van der Waals surface area (Å²) in [5.74, 6) is 0.855. The van der Waals surface area contributed by atoms with Crippen LogP contribution in [0.2, 0.25) is 0 Å². The van der Waals surface area contributed by atoms with Gasteiger partial charge in [0.2, 0.25) is 0 Å². The fourth-order valence-electron chi connectivity index (χ4n) is 3.24. The van der Waals surface area contributed by atoms with Crippen molar-refractivity contribution in [1.29, 1.82) is 0 Å². The van der Waals surface area contributed by atoms with Crippen molar-refractivity contribution < 1.29 is 9.53 Å². The monoisotopic (exact) mass is 253 g/mol. The third kappa shape index (κ3) is 4.06. The molecule has 3 heteroatoms. The standard InChI is InChI=1S/C15H27NO2/c1-2-18-14-8-10-16(11-9-14)12-15(17)13-6-4-3-5-7-13/h13-14H,2-12H2,1H3. The average molecular weight is 253 g/mol. The van der Waals surface area contributed by atoms with Crippen LogP contribution >= 0.6 is 0 Å². The minimum atomic E-state index is 0.364. The molecule has 0 amide bonds. The van der Waals surface area contributed by atoms with Gasteiger partial charge in [0.25, 0.3) is 0 Å². The van der Waals surface area contributed by atoms with Crippen LogP contribution in [0.4, 0.5) is 0 Å². The van der Waals surface area contributed by atoms with Crippen molar-refractivity contribution in [2.45, 2.75) is 58.0 Å². The van der Waals surface area contributed by atoms with Gasteiger partial charge in [0.1, 0.15) is 5.78 Å². The van der Waals surface area contributed by atoms with Gasteiger partial charge >= 0.3 is 0 Å². The van der Waals surface area contributed by atoms with Gasteiger partial charge < -0.3 is 4.74 Å². The van der Waals surface area contributed by atoms with Crippen molar-refractivity contribution in [2.75, 3.05) is 26.2 Å². The van der Waals surface area contributed by atoms with Gasteiger partial charge in [0.05, 0.1) is 12.6 Å². The summed E-state index contributed by atoms with van der Waals surface area (Å²) >= 11 is 0. The van der Waals surface area contributed by atoms with Crippen molar-refractivity contribution in [3.8, 4) is 0 Å². The molecule has 0 aromatic heterocycles. The lowest BCUT2D eigenvalue weighted by molar-refractivity contribution is -0.125. The van der Waals surface area contributed by atoms with E-state index < -0.39 is 0 Å². The first kappa shape index (κ1) is 14.0. The zero-order chi connectivity index (χ0) is 12.8. The Labute approximate surface area is 111 Å². The van der Waals surface area contributed by atoms with E-state index in [-0.39, 0.29) is 0 Å². The van der Waals surface area contributed by atoms with Crippen molar-refractivity contribution in [3.63, 3.8) is 0 Å². The minimum Gasteiger partial charge on any atom is -0.378 e. The number of rotatable bonds is 5. The van der Waals surface area contributed by atoms with E-state index in [1.165, 1.54) is 19.3 Å². The first-order valence-electron chi connectivity index (χ1n) is 7.66. The maximum absolute atomic E-state index is 12.2. The Balaban J connectivity index is 1.68. The van der Waals surface area contributed by atoms with Crippen LogP contribution in [0.25, 0.3) is 0 Å². The predicted octanol–water partition coefficient (Wildman–Crippen LogP) is 2.64. The summed E-state index contributed by atoms with van der Waals surface area (Å²) in [4.78, 5) is 14.5. The molecule has 1 saturated heterocycles. The molecule has 104 valence electrons. The fourth-order valence-corrected chi connectivity index (χ4v) is 3.24. The maximum atomic E-state index is 12.2. The zero-order valence-electron chi connectivity index (χ0n) is 11.7. The minimum absolute atomic E-state index is 0.364. The molecule has 0 N–H and O–H groups in total. The van der Waals surface area contributed by atoms with Gasteiger partial charge in [0.15, 0.2) is 0 Å². The third-order valence-corrected chi connectivity index (χ3v) is 4.38. The van der Waals surface area contributed by atoms with E-state index in [4.69, 9.17) is 4.74 Å². The van der Waals surface area contributed by atoms with Gasteiger partial charge in [-0.2, -0.15) is 0 Å². The number of piperidine rings is 1. The van der Waals surface area contributed by atoms with E-state index in [2.05, 4.69) is 11.8 Å². The molecular weight excluding hydrogens is 226 g/mol. The molecule has 1 heterocycles. The number of ketones is 1. The summed E-state index contributed by atoms with van der Waals surface area (Å²) in [6, 6.07) is 0. The first-order valence-corrected chi connectivity index (χ1v) is 7.66. The van der Waals surface area contributed by atoms with Crippen LogP contribution in [0.3, 0.4) is 0 Å². The Kier molecular flexibility index (Phi) is 5.64. The smallest absolute Gasteiger partial charge is 0.149 e. The van der Waals surface area contributed by atoms with Crippen LogP contribution in [0.5, 0.6) is 0 Å². The van der Waals surface area contributed by atoms with E-state index in [0.717, 1.165) is 45.4 Å². The molecule has 0 spiro atoms. The molecule has 2 fully saturated rings. The second-order valence-corrected chi connectivity index (χ2v) is 5.73. The van der Waals surface area contributed by atoms with Gasteiger partial charge in [-0.3, -0.25) is 9.69 Å². The molecule has 1 saturated carbocycles. The molecule has 0 radical (unpaired) electrons. The Morgan fingerprint density at radius 1 is 1.11 bits per heavy atom. The molecule has 0 aromatic rings. The number of hydrogen-bond donors (Lipinski definition) is 0. The van der Waals surface area contributed by atoms with E-state index in [1.807, 2.05) is 0 Å². The quantitative estimate of drug-likeness (QED) is 0.754. The molecule has 1 aliphatic heterocycles. The molecule has 0 unspecified atom stereocenters. The summed E-state index contributed by atoms with van der Waals surface area (Å²) in [6.07, 6.45) is 8.70. The van der Waals surface area contributed by atoms with Crippen LogP contribution < -0.4 is 0 Å². The second-order valence-electron chi connectivity index (χ2n) is 5.73. The van der Waals surface area contributed by atoms with Crippen LogP contribution in [-0.2, 0) is 9.53 Å². The highest BCUT2D eigenvalue weighted by Gasteiger charge is 2.25. The SMILES string of the molecule is CCOC1CCN(CC(=O)C2CCCCC2)CC1. The van der Waals surface area contributed by atoms with E-state index in [9.17, 15) is 4.79 Å². The number of carbonyl (C=O) groups is 1. The van der Waals surface area contributed by atoms with Crippen LogP contribution in [0.15, 0.2) is 0 Å². The van der Waals surface area contributed by atoms with Gasteiger partial charge in [-0.15, -0.1) is 0 Å². The number of hydrogen-bond acceptors (Lipinski definition) is 3. The fraction of sp³-hybridized carbons (Fsp3) is 0.933. The molecule has 3 nitrogen and oxygen atoms in total. The summed E-state index contributed by atoms with van der Waals surface area (Å²) < 4.78 is 5.64. The van der Waals surface area contributed by atoms with Gasteiger partial charge in [-0.1, -0.05) is 19.3 Å². The molecule has 18 heavy (non-hydrogen) atoms. The summed E-state index contributed by atoms with van der Waals surface area (Å²) in [5, 5.41) is 0. The van der Waals surface area contributed by atoms with Crippen LogP contribution in [0, 0.1) is 5.92 Å². The normalized spacial score (nSPS) is 24.3. The summed E-state index contributed by atoms with van der Waals surface area (Å²) in [7, 11) is 0. The third-order valence-electron chi connectivity index (χ3n) is 4.38. The maximum Gasteiger partial charge on any atom is 0.149 e. The molecule has 0 atom stereocenters. The second kappa shape index (κ2) is 7.25. The highest BCUT2D eigenvalue weighted by atomic mass is 16.5. The van der Waals surface area contributed by atoms with Crippen molar-refractivity contribution in [2.24, 2.45) is 5.92 Å². The number of nitrogens with zero attached hydrogens (tertiary/aromatic N) is 1. The molecule has 2 aliphatic rings. The lowest BCUT2D eigenvalue weighted by atomic mass is 9.86. The zero-order valence-corrected chi connectivity index (χ0v) is 11.7. The van der Waals surface area contributed by atoms with Crippen molar-refractivity contribution in [3.05, 3.63) is 0 Å². The van der Waals surface area contributed by atoms with Gasteiger partial charge in [-0.05, 0) is 32.6 Å². The number of ether oxygens (including phenoxy) is 1. The van der Waals surface area contributed by atoms with E-state index >= 15 is 0 Å². The highest BCUT2D eigenvalue weighted by Crippen LogP contribution is 2.25. The first-order chi connectivity index (χ1) is 8.79. The average Bonchev–Trinajstić information content (AvgIpc) is 2.42. The summed E-state index contributed by atoms with van der Waals surface area (Å²) in [5.41, 5.74) is 0. The van der Waals surface area contributed by atoms with E-state index in [1.54, 1.807) is 0 Å². The van der Waals surface area contributed by atoms with Crippen LogP contribution in [0.1, 0.15) is 51.9 Å². The van der Waals surface area contributed by atoms with E-state index in [0.29, 0.717) is 24.3 Å². The largest absolute Gasteiger partial charge is 0.378 e. The Morgan fingerprint density at radius 2 is 1.78 bits per heavy atom. The molecule has 0 bridgehead atoms. The Morgan fingerprint density at radius 3 is 2.39 bits per heavy atom. The van der Waals surface area contributed by atoms with Gasteiger partial charge in [0, 0.05) is 25.6 Å². The molecule has 2 rings (SSSR count). The number of carbonyl (C=O) groups excluding carboxylic acids is 1. The Bertz CT molecular complexity index is 253. The van der Waals surface area contributed by atoms with Crippen LogP contribution in [-0.4, -0.2) is 43.0 Å². The molecular formula is C15H27NO2. The molecule has 1 aliphatic carbocycles. The van der Waals surface area contributed by atoms with Crippen molar-refractivity contribution >= 4 is 5.78 Å². The predicted molar refractivity (Wildman–Crippen MR) is 72.7 cm³/mol. The highest BCUT2D eigenvalue weighted by molar-refractivity contribution is 5.83. The lowest BCUT2D eigenvalue weighted by Crippen LogP contribution is -2.41. The molecule has 0 aromatic carbocycles. The van der Waals surface area contributed by atoms with Crippen molar-refractivity contribution in [1.82, 2.24) is 4.90 Å². The number of likely N-dealkylation sites (tertiary alicyclic amines) is 1.